The topological polar surface area (TPSA) is 63.1 Å². The summed E-state index contributed by atoms with van der Waals surface area (Å²) in [6.45, 7) is 7.61. The molecule has 6 heteroatoms. The Hall–Kier alpha value is -1.43. The van der Waals surface area contributed by atoms with Gasteiger partial charge in [-0.2, -0.15) is 5.10 Å². The van der Waals surface area contributed by atoms with Crippen molar-refractivity contribution in [1.29, 1.82) is 0 Å². The van der Waals surface area contributed by atoms with Crippen molar-refractivity contribution in [3.8, 4) is 0 Å². The van der Waals surface area contributed by atoms with Crippen LogP contribution in [0.3, 0.4) is 0 Å². The first-order valence-corrected chi connectivity index (χ1v) is 7.95. The van der Waals surface area contributed by atoms with Gasteiger partial charge in [-0.3, -0.25) is 9.48 Å². The quantitative estimate of drug-likeness (QED) is 0.863. The number of hydrogen-bond acceptors (Lipinski definition) is 4. The molecule has 1 fully saturated rings. The van der Waals surface area contributed by atoms with Gasteiger partial charge in [0.2, 0.25) is 5.91 Å². The van der Waals surface area contributed by atoms with Crippen molar-refractivity contribution in [3.63, 3.8) is 0 Å². The Balaban J connectivity index is 1.74. The second kappa shape index (κ2) is 7.54. The molecule has 2 rings (SSSR count). The number of likely N-dealkylation sites (tertiary alicyclic amines) is 1. The maximum atomic E-state index is 12.2. The molecular formula is C15H27N5O. The van der Waals surface area contributed by atoms with Crippen LogP contribution in [0.1, 0.15) is 51.4 Å². The summed E-state index contributed by atoms with van der Waals surface area (Å²) in [5.41, 5.74) is 0. The summed E-state index contributed by atoms with van der Waals surface area (Å²) in [7, 11) is 1.84. The molecule has 0 aliphatic carbocycles. The highest BCUT2D eigenvalue weighted by atomic mass is 16.1. The van der Waals surface area contributed by atoms with E-state index in [2.05, 4.69) is 27.2 Å². The summed E-state index contributed by atoms with van der Waals surface area (Å²) in [5, 5.41) is 7.07. The van der Waals surface area contributed by atoms with Gasteiger partial charge in [0.1, 0.15) is 12.2 Å². The van der Waals surface area contributed by atoms with Crippen molar-refractivity contribution in [2.75, 3.05) is 19.6 Å². The van der Waals surface area contributed by atoms with Gasteiger partial charge in [0.25, 0.3) is 0 Å². The summed E-state index contributed by atoms with van der Waals surface area (Å²) in [6.07, 6.45) is 5.61. The Kier molecular flexibility index (Phi) is 5.73. The number of hydrogen-bond donors (Lipinski definition) is 1. The number of nitrogens with one attached hydrogen (secondary N) is 1. The van der Waals surface area contributed by atoms with Crippen LogP contribution in [0.15, 0.2) is 6.33 Å². The third-order valence-electron chi connectivity index (χ3n) is 4.23. The summed E-state index contributed by atoms with van der Waals surface area (Å²) in [4.78, 5) is 18.8. The Morgan fingerprint density at radius 3 is 2.76 bits per heavy atom. The molecule has 118 valence electrons. The van der Waals surface area contributed by atoms with Crippen LogP contribution in [0.4, 0.5) is 0 Å². The molecule has 1 aliphatic heterocycles. The van der Waals surface area contributed by atoms with E-state index in [1.54, 1.807) is 4.68 Å². The fourth-order valence-electron chi connectivity index (χ4n) is 3.05. The number of piperidine rings is 1. The van der Waals surface area contributed by atoms with Crippen molar-refractivity contribution >= 4 is 5.91 Å². The van der Waals surface area contributed by atoms with Gasteiger partial charge in [-0.1, -0.05) is 6.92 Å². The normalized spacial score (nSPS) is 18.6. The van der Waals surface area contributed by atoms with Crippen LogP contribution in [0.2, 0.25) is 0 Å². The van der Waals surface area contributed by atoms with Crippen molar-refractivity contribution in [3.05, 3.63) is 12.2 Å². The Bertz CT molecular complexity index is 451. The van der Waals surface area contributed by atoms with Crippen LogP contribution in [0.5, 0.6) is 0 Å². The maximum absolute atomic E-state index is 12.2. The second-order valence-corrected chi connectivity index (χ2v) is 6.02. The van der Waals surface area contributed by atoms with Crippen molar-refractivity contribution in [2.24, 2.45) is 13.0 Å². The summed E-state index contributed by atoms with van der Waals surface area (Å²) in [6, 6.07) is -0.0924. The van der Waals surface area contributed by atoms with Crippen molar-refractivity contribution < 1.29 is 4.79 Å². The van der Waals surface area contributed by atoms with E-state index in [4.69, 9.17) is 0 Å². The zero-order valence-corrected chi connectivity index (χ0v) is 13.4. The number of nitrogens with zero attached hydrogens (tertiary/aromatic N) is 4. The standard InChI is InChI=1S/C15H27N5O/c1-4-7-20-8-5-13(6-9-20)10-14(21)18-12(2)15-16-11-17-19(15)3/h11-13H,4-10H2,1-3H3,(H,18,21)/t12-/m0/s1. The highest BCUT2D eigenvalue weighted by Gasteiger charge is 2.22. The van der Waals surface area contributed by atoms with Crippen molar-refractivity contribution in [1.82, 2.24) is 25.0 Å². The first kappa shape index (κ1) is 15.9. The number of aromatic nitrogens is 3. The van der Waals surface area contributed by atoms with Crippen LogP contribution in [-0.4, -0.2) is 45.2 Å². The number of carbonyl (C=O) groups excluding carboxylic acids is 1. The van der Waals surface area contributed by atoms with E-state index in [-0.39, 0.29) is 11.9 Å². The lowest BCUT2D eigenvalue weighted by atomic mass is 9.93. The van der Waals surface area contributed by atoms with Crippen molar-refractivity contribution in [2.45, 2.75) is 45.6 Å². The molecule has 1 N–H and O–H groups in total. The minimum atomic E-state index is -0.0924. The highest BCUT2D eigenvalue weighted by molar-refractivity contribution is 5.76. The lowest BCUT2D eigenvalue weighted by Gasteiger charge is -2.31. The second-order valence-electron chi connectivity index (χ2n) is 6.02. The van der Waals surface area contributed by atoms with Gasteiger partial charge < -0.3 is 10.2 Å². The van der Waals surface area contributed by atoms with E-state index in [1.807, 2.05) is 14.0 Å². The monoisotopic (exact) mass is 293 g/mol. The molecule has 1 aliphatic rings. The molecule has 2 heterocycles. The predicted molar refractivity (Wildman–Crippen MR) is 81.6 cm³/mol. The third kappa shape index (κ3) is 4.52. The van der Waals surface area contributed by atoms with Gasteiger partial charge in [-0.15, -0.1) is 0 Å². The third-order valence-corrected chi connectivity index (χ3v) is 4.23. The molecule has 0 bridgehead atoms. The fourth-order valence-corrected chi connectivity index (χ4v) is 3.05. The maximum Gasteiger partial charge on any atom is 0.220 e. The van der Waals surface area contributed by atoms with Crippen LogP contribution < -0.4 is 5.32 Å². The summed E-state index contributed by atoms with van der Waals surface area (Å²) < 4.78 is 1.70. The zero-order valence-electron chi connectivity index (χ0n) is 13.4. The lowest BCUT2D eigenvalue weighted by molar-refractivity contribution is -0.123. The lowest BCUT2D eigenvalue weighted by Crippen LogP contribution is -2.36. The molecule has 0 spiro atoms. The van der Waals surface area contributed by atoms with Crippen LogP contribution in [-0.2, 0) is 11.8 Å². The van der Waals surface area contributed by atoms with E-state index < -0.39 is 0 Å². The minimum Gasteiger partial charge on any atom is -0.346 e. The van der Waals surface area contributed by atoms with Gasteiger partial charge in [0, 0.05) is 13.5 Å². The molecule has 0 saturated carbocycles. The molecule has 6 nitrogen and oxygen atoms in total. The number of rotatable bonds is 6. The summed E-state index contributed by atoms with van der Waals surface area (Å²) in [5.74, 6) is 1.44. The molecule has 1 aromatic heterocycles. The highest BCUT2D eigenvalue weighted by Crippen LogP contribution is 2.21. The number of aryl methyl sites for hydroxylation is 1. The van der Waals surface area contributed by atoms with Gasteiger partial charge in [0.05, 0.1) is 6.04 Å². The van der Waals surface area contributed by atoms with Gasteiger partial charge in [-0.05, 0) is 51.7 Å². The van der Waals surface area contributed by atoms with Crippen LogP contribution in [0.25, 0.3) is 0 Å². The van der Waals surface area contributed by atoms with E-state index in [9.17, 15) is 4.79 Å². The molecule has 1 atom stereocenters. The van der Waals surface area contributed by atoms with E-state index >= 15 is 0 Å². The summed E-state index contributed by atoms with van der Waals surface area (Å²) >= 11 is 0. The predicted octanol–water partition coefficient (Wildman–Crippen LogP) is 1.50. The van der Waals surface area contributed by atoms with Gasteiger partial charge in [0.15, 0.2) is 0 Å². The first-order chi connectivity index (χ1) is 10.1. The Morgan fingerprint density at radius 2 is 2.19 bits per heavy atom. The molecule has 0 aromatic carbocycles. The SMILES string of the molecule is CCCN1CCC(CC(=O)N[C@@H](C)c2ncnn2C)CC1. The van der Waals surface area contributed by atoms with Gasteiger partial charge in [-0.25, -0.2) is 4.98 Å². The first-order valence-electron chi connectivity index (χ1n) is 7.95. The molecule has 1 aromatic rings. The molecule has 1 amide bonds. The molecule has 1 saturated heterocycles. The Morgan fingerprint density at radius 1 is 1.48 bits per heavy atom. The number of amides is 1. The Labute approximate surface area is 126 Å². The van der Waals surface area contributed by atoms with E-state index in [1.165, 1.54) is 19.3 Å². The average Bonchev–Trinajstić information content (AvgIpc) is 2.87. The number of carbonyl (C=O) groups is 1. The van der Waals surface area contributed by atoms with Crippen LogP contribution >= 0.6 is 0 Å². The molecule has 0 radical (unpaired) electrons. The zero-order chi connectivity index (χ0) is 15.2. The average molecular weight is 293 g/mol. The van der Waals surface area contributed by atoms with Gasteiger partial charge >= 0.3 is 0 Å². The minimum absolute atomic E-state index is 0.0924. The van der Waals surface area contributed by atoms with E-state index in [0.29, 0.717) is 12.3 Å². The largest absolute Gasteiger partial charge is 0.346 e. The molecule has 21 heavy (non-hydrogen) atoms. The van der Waals surface area contributed by atoms with Crippen LogP contribution in [0, 0.1) is 5.92 Å². The smallest absolute Gasteiger partial charge is 0.220 e. The van der Waals surface area contributed by atoms with E-state index in [0.717, 1.165) is 31.8 Å². The fraction of sp³-hybridized carbons (Fsp3) is 0.800. The molecule has 0 unspecified atom stereocenters. The molecular weight excluding hydrogens is 266 g/mol.